The van der Waals surface area contributed by atoms with Gasteiger partial charge in [-0.25, -0.2) is 4.98 Å². The Bertz CT molecular complexity index is 1350. The second kappa shape index (κ2) is 9.75. The molecule has 0 spiro atoms. The van der Waals surface area contributed by atoms with Crippen LogP contribution in [0, 0.1) is 0 Å². The Kier molecular flexibility index (Phi) is 6.38. The Morgan fingerprint density at radius 3 is 2.59 bits per heavy atom. The predicted molar refractivity (Wildman–Crippen MR) is 141 cm³/mol. The molecule has 0 bridgehead atoms. The molecule has 3 N–H and O–H groups in total. The first-order valence-corrected chi connectivity index (χ1v) is 11.7. The van der Waals surface area contributed by atoms with Crippen molar-refractivity contribution in [2.75, 3.05) is 48.8 Å². The standard InChI is InChI=1S/C26H27ClN6O/c1-32-11-13-33(14-12-32)22-7-5-21(6-8-22)30-25-24-19(9-10-28-26(24)34)16-23(31-25)29-17-18-3-2-4-20(27)15-18/h2-10,15-16H,11-14,17H2,1H3,(H,28,34)(H2,29,30,31). The quantitative estimate of drug-likeness (QED) is 0.376. The molecule has 1 aliphatic rings. The highest BCUT2D eigenvalue weighted by atomic mass is 35.5. The summed E-state index contributed by atoms with van der Waals surface area (Å²) in [5.74, 6) is 1.19. The molecule has 34 heavy (non-hydrogen) atoms. The maximum atomic E-state index is 12.6. The number of aromatic nitrogens is 2. The molecule has 1 fully saturated rings. The van der Waals surface area contributed by atoms with Gasteiger partial charge in [-0.3, -0.25) is 4.79 Å². The van der Waals surface area contributed by atoms with Crippen molar-refractivity contribution in [1.82, 2.24) is 14.9 Å². The maximum Gasteiger partial charge on any atom is 0.259 e. The molecule has 2 aromatic carbocycles. The van der Waals surface area contributed by atoms with E-state index in [9.17, 15) is 4.79 Å². The lowest BCUT2D eigenvalue weighted by atomic mass is 10.2. The van der Waals surface area contributed by atoms with Gasteiger partial charge in [0.2, 0.25) is 0 Å². The van der Waals surface area contributed by atoms with Gasteiger partial charge in [-0.1, -0.05) is 23.7 Å². The largest absolute Gasteiger partial charge is 0.369 e. The summed E-state index contributed by atoms with van der Waals surface area (Å²) in [6, 6.07) is 19.8. The lowest BCUT2D eigenvalue weighted by molar-refractivity contribution is 0.313. The number of likely N-dealkylation sites (N-methyl/N-ethyl adjacent to an activating group) is 1. The number of nitrogens with one attached hydrogen (secondary N) is 3. The Balaban J connectivity index is 1.39. The number of hydrogen-bond acceptors (Lipinski definition) is 6. The molecule has 1 aliphatic heterocycles. The molecule has 2 aromatic heterocycles. The topological polar surface area (TPSA) is 76.3 Å². The van der Waals surface area contributed by atoms with Crippen LogP contribution >= 0.6 is 11.6 Å². The molecule has 0 radical (unpaired) electrons. The Morgan fingerprint density at radius 1 is 1.03 bits per heavy atom. The lowest BCUT2D eigenvalue weighted by Gasteiger charge is -2.34. The van der Waals surface area contributed by atoms with E-state index in [1.54, 1.807) is 6.20 Å². The zero-order chi connectivity index (χ0) is 23.5. The third kappa shape index (κ3) is 5.00. The number of benzene rings is 2. The molecule has 0 unspecified atom stereocenters. The number of H-pyrrole nitrogens is 1. The minimum absolute atomic E-state index is 0.178. The van der Waals surface area contributed by atoms with Crippen molar-refractivity contribution in [3.63, 3.8) is 0 Å². The minimum atomic E-state index is -0.178. The van der Waals surface area contributed by atoms with Gasteiger partial charge in [0, 0.05) is 55.3 Å². The number of rotatable bonds is 6. The van der Waals surface area contributed by atoms with Crippen molar-refractivity contribution >= 4 is 45.4 Å². The highest BCUT2D eigenvalue weighted by Gasteiger charge is 2.15. The third-order valence-corrected chi connectivity index (χ3v) is 6.35. The molecule has 4 aromatic rings. The first-order chi connectivity index (χ1) is 16.5. The van der Waals surface area contributed by atoms with Gasteiger partial charge < -0.3 is 25.4 Å². The van der Waals surface area contributed by atoms with Gasteiger partial charge in [-0.15, -0.1) is 0 Å². The normalized spacial score (nSPS) is 14.4. The van der Waals surface area contributed by atoms with Gasteiger partial charge in [0.25, 0.3) is 5.56 Å². The molecule has 3 heterocycles. The molecule has 174 valence electrons. The Labute approximate surface area is 203 Å². The van der Waals surface area contributed by atoms with Crippen LogP contribution in [0.5, 0.6) is 0 Å². The Hall–Kier alpha value is -3.55. The van der Waals surface area contributed by atoms with Crippen molar-refractivity contribution in [2.24, 2.45) is 0 Å². The molecule has 1 saturated heterocycles. The van der Waals surface area contributed by atoms with Crippen molar-refractivity contribution in [1.29, 1.82) is 0 Å². The van der Waals surface area contributed by atoms with Crippen molar-refractivity contribution < 1.29 is 0 Å². The van der Waals surface area contributed by atoms with E-state index in [1.165, 1.54) is 5.69 Å². The fourth-order valence-electron chi connectivity index (χ4n) is 4.19. The summed E-state index contributed by atoms with van der Waals surface area (Å²) < 4.78 is 0. The van der Waals surface area contributed by atoms with Crippen LogP contribution in [0.2, 0.25) is 5.02 Å². The summed E-state index contributed by atoms with van der Waals surface area (Å²) in [5.41, 5.74) is 2.95. The smallest absolute Gasteiger partial charge is 0.259 e. The summed E-state index contributed by atoms with van der Waals surface area (Å²) >= 11 is 6.11. The van der Waals surface area contributed by atoms with Crippen LogP contribution in [-0.4, -0.2) is 48.1 Å². The van der Waals surface area contributed by atoms with Crippen LogP contribution in [0.4, 0.5) is 23.0 Å². The second-order valence-electron chi connectivity index (χ2n) is 8.57. The fourth-order valence-corrected chi connectivity index (χ4v) is 4.40. The summed E-state index contributed by atoms with van der Waals surface area (Å²) in [6.45, 7) is 4.74. The SMILES string of the molecule is CN1CCN(c2ccc(Nc3nc(NCc4cccc(Cl)c4)cc4cc[nH]c(=O)c34)cc2)CC1. The van der Waals surface area contributed by atoms with E-state index >= 15 is 0 Å². The van der Waals surface area contributed by atoms with Crippen LogP contribution in [0.3, 0.4) is 0 Å². The predicted octanol–water partition coefficient (Wildman–Crippen LogP) is 4.68. The monoisotopic (exact) mass is 474 g/mol. The van der Waals surface area contributed by atoms with Gasteiger partial charge in [-0.05, 0) is 66.5 Å². The molecular formula is C26H27ClN6O. The van der Waals surface area contributed by atoms with E-state index in [2.05, 4.69) is 44.6 Å². The van der Waals surface area contributed by atoms with E-state index in [-0.39, 0.29) is 5.56 Å². The lowest BCUT2D eigenvalue weighted by Crippen LogP contribution is -2.44. The van der Waals surface area contributed by atoms with E-state index in [0.29, 0.717) is 28.6 Å². The second-order valence-corrected chi connectivity index (χ2v) is 9.01. The highest BCUT2D eigenvalue weighted by Crippen LogP contribution is 2.27. The fraction of sp³-hybridized carbons (Fsp3) is 0.231. The number of hydrogen-bond donors (Lipinski definition) is 3. The van der Waals surface area contributed by atoms with Gasteiger partial charge in [0.1, 0.15) is 11.6 Å². The van der Waals surface area contributed by atoms with E-state index in [0.717, 1.165) is 42.8 Å². The first kappa shape index (κ1) is 22.3. The summed E-state index contributed by atoms with van der Waals surface area (Å²) in [5, 5.41) is 8.73. The third-order valence-electron chi connectivity index (χ3n) is 6.12. The number of anilines is 4. The van der Waals surface area contributed by atoms with Gasteiger partial charge in [0.05, 0.1) is 5.39 Å². The summed E-state index contributed by atoms with van der Waals surface area (Å²) in [6.07, 6.45) is 1.65. The van der Waals surface area contributed by atoms with Crippen molar-refractivity contribution in [3.05, 3.63) is 87.8 Å². The van der Waals surface area contributed by atoms with Gasteiger partial charge in [-0.2, -0.15) is 0 Å². The van der Waals surface area contributed by atoms with Crippen LogP contribution in [-0.2, 0) is 6.54 Å². The zero-order valence-corrected chi connectivity index (χ0v) is 19.8. The van der Waals surface area contributed by atoms with E-state index in [4.69, 9.17) is 16.6 Å². The van der Waals surface area contributed by atoms with Gasteiger partial charge >= 0.3 is 0 Å². The molecule has 0 saturated carbocycles. The number of pyridine rings is 2. The summed E-state index contributed by atoms with van der Waals surface area (Å²) in [7, 11) is 2.15. The van der Waals surface area contributed by atoms with Crippen molar-refractivity contribution in [3.8, 4) is 0 Å². The zero-order valence-electron chi connectivity index (χ0n) is 19.0. The summed E-state index contributed by atoms with van der Waals surface area (Å²) in [4.78, 5) is 24.8. The van der Waals surface area contributed by atoms with Crippen LogP contribution < -0.4 is 21.1 Å². The van der Waals surface area contributed by atoms with E-state index < -0.39 is 0 Å². The molecule has 8 heteroatoms. The molecule has 0 atom stereocenters. The Morgan fingerprint density at radius 2 is 1.82 bits per heavy atom. The number of nitrogens with zero attached hydrogens (tertiary/aromatic N) is 3. The number of aromatic amines is 1. The average Bonchev–Trinajstić information content (AvgIpc) is 2.84. The number of piperazine rings is 1. The maximum absolute atomic E-state index is 12.6. The van der Waals surface area contributed by atoms with Crippen LogP contribution in [0.15, 0.2) is 71.7 Å². The van der Waals surface area contributed by atoms with Gasteiger partial charge in [0.15, 0.2) is 0 Å². The molecule has 0 amide bonds. The average molecular weight is 475 g/mol. The van der Waals surface area contributed by atoms with E-state index in [1.807, 2.05) is 48.5 Å². The number of fused-ring (bicyclic) bond motifs is 1. The molecule has 7 nitrogen and oxygen atoms in total. The van der Waals surface area contributed by atoms with Crippen molar-refractivity contribution in [2.45, 2.75) is 6.54 Å². The first-order valence-electron chi connectivity index (χ1n) is 11.4. The molecule has 5 rings (SSSR count). The molecule has 0 aliphatic carbocycles. The van der Waals surface area contributed by atoms with Crippen LogP contribution in [0.25, 0.3) is 10.8 Å². The van der Waals surface area contributed by atoms with Crippen LogP contribution in [0.1, 0.15) is 5.56 Å². The minimum Gasteiger partial charge on any atom is -0.369 e. The highest BCUT2D eigenvalue weighted by molar-refractivity contribution is 6.30. The number of halogens is 1. The molecular weight excluding hydrogens is 448 g/mol.